The summed E-state index contributed by atoms with van der Waals surface area (Å²) in [5, 5.41) is 5.74. The number of rotatable bonds is 9. The lowest BCUT2D eigenvalue weighted by atomic mass is 10.1. The molecule has 0 saturated heterocycles. The first-order valence-corrected chi connectivity index (χ1v) is 7.08. The van der Waals surface area contributed by atoms with Gasteiger partial charge in [-0.25, -0.2) is 0 Å². The number of hydrogen-bond acceptors (Lipinski definition) is 3. The summed E-state index contributed by atoms with van der Waals surface area (Å²) >= 11 is 1.85. The van der Waals surface area contributed by atoms with Crippen LogP contribution in [-0.2, 0) is 11.2 Å². The Labute approximate surface area is 103 Å². The Morgan fingerprint density at radius 2 is 2.31 bits per heavy atom. The van der Waals surface area contributed by atoms with E-state index in [1.165, 1.54) is 11.3 Å². The number of thiophene rings is 1. The van der Waals surface area contributed by atoms with Gasteiger partial charge in [0.2, 0.25) is 0 Å². The zero-order valence-corrected chi connectivity index (χ0v) is 11.2. The molecule has 0 spiro atoms. The van der Waals surface area contributed by atoms with E-state index in [9.17, 15) is 0 Å². The molecule has 0 fully saturated rings. The molecule has 0 bridgehead atoms. The van der Waals surface area contributed by atoms with E-state index in [-0.39, 0.29) is 0 Å². The van der Waals surface area contributed by atoms with Crippen LogP contribution in [0, 0.1) is 0 Å². The zero-order valence-electron chi connectivity index (χ0n) is 10.4. The van der Waals surface area contributed by atoms with Gasteiger partial charge in [0.25, 0.3) is 0 Å². The second-order valence-corrected chi connectivity index (χ2v) is 4.93. The molecule has 1 atom stereocenters. The van der Waals surface area contributed by atoms with Crippen molar-refractivity contribution in [2.75, 3.05) is 19.8 Å². The lowest BCUT2D eigenvalue weighted by Crippen LogP contribution is -2.31. The molecule has 0 aliphatic rings. The van der Waals surface area contributed by atoms with Crippen molar-refractivity contribution in [2.45, 2.75) is 39.2 Å². The van der Waals surface area contributed by atoms with E-state index in [2.05, 4.69) is 29.8 Å². The van der Waals surface area contributed by atoms with Crippen molar-refractivity contribution in [1.82, 2.24) is 5.32 Å². The summed E-state index contributed by atoms with van der Waals surface area (Å²) in [5.41, 5.74) is 0. The Morgan fingerprint density at radius 1 is 1.44 bits per heavy atom. The van der Waals surface area contributed by atoms with Crippen LogP contribution >= 0.6 is 11.3 Å². The molecular weight excluding hydrogens is 218 g/mol. The third-order valence-corrected chi connectivity index (χ3v) is 3.52. The molecule has 0 aliphatic carbocycles. The Kier molecular flexibility index (Phi) is 7.47. The number of hydrogen-bond donors (Lipinski definition) is 1. The van der Waals surface area contributed by atoms with Gasteiger partial charge in [0, 0.05) is 24.1 Å². The summed E-state index contributed by atoms with van der Waals surface area (Å²) < 4.78 is 5.32. The van der Waals surface area contributed by atoms with Crippen molar-refractivity contribution in [1.29, 1.82) is 0 Å². The third kappa shape index (κ3) is 5.64. The first-order chi connectivity index (χ1) is 7.86. The van der Waals surface area contributed by atoms with Crippen LogP contribution in [0.15, 0.2) is 17.5 Å². The van der Waals surface area contributed by atoms with Crippen molar-refractivity contribution < 1.29 is 4.74 Å². The van der Waals surface area contributed by atoms with Gasteiger partial charge in [-0.2, -0.15) is 0 Å². The fourth-order valence-electron chi connectivity index (χ4n) is 1.66. The Balaban J connectivity index is 2.12. The molecule has 1 N–H and O–H groups in total. The molecule has 0 radical (unpaired) electrons. The molecule has 1 unspecified atom stereocenters. The average Bonchev–Trinajstić information content (AvgIpc) is 2.80. The van der Waals surface area contributed by atoms with E-state index in [4.69, 9.17) is 4.74 Å². The Morgan fingerprint density at radius 3 is 2.94 bits per heavy atom. The third-order valence-electron chi connectivity index (χ3n) is 2.62. The van der Waals surface area contributed by atoms with Gasteiger partial charge in [-0.1, -0.05) is 13.0 Å². The maximum atomic E-state index is 5.32. The molecule has 1 aromatic rings. The Bertz CT molecular complexity index is 248. The molecule has 0 aliphatic heterocycles. The molecule has 16 heavy (non-hydrogen) atoms. The average molecular weight is 241 g/mol. The fraction of sp³-hybridized carbons (Fsp3) is 0.692. The maximum Gasteiger partial charge on any atom is 0.0477 e. The van der Waals surface area contributed by atoms with Crippen molar-refractivity contribution in [3.63, 3.8) is 0 Å². The minimum Gasteiger partial charge on any atom is -0.382 e. The lowest BCUT2D eigenvalue weighted by molar-refractivity contribution is 0.144. The monoisotopic (exact) mass is 241 g/mol. The summed E-state index contributed by atoms with van der Waals surface area (Å²) in [6.45, 7) is 7.04. The fourth-order valence-corrected chi connectivity index (χ4v) is 2.44. The zero-order chi connectivity index (χ0) is 11.6. The topological polar surface area (TPSA) is 21.3 Å². The summed E-state index contributed by atoms with van der Waals surface area (Å²) in [5.74, 6) is 0. The maximum absolute atomic E-state index is 5.32. The van der Waals surface area contributed by atoms with Gasteiger partial charge < -0.3 is 10.1 Å². The summed E-state index contributed by atoms with van der Waals surface area (Å²) in [6, 6.07) is 4.96. The second-order valence-electron chi connectivity index (χ2n) is 3.89. The van der Waals surface area contributed by atoms with Crippen LogP contribution in [-0.4, -0.2) is 25.8 Å². The van der Waals surface area contributed by atoms with E-state index >= 15 is 0 Å². The Hall–Kier alpha value is -0.380. The highest BCUT2D eigenvalue weighted by Crippen LogP contribution is 2.12. The highest BCUT2D eigenvalue weighted by Gasteiger charge is 2.06. The number of ether oxygens (including phenoxy) is 1. The minimum atomic E-state index is 0.611. The summed E-state index contributed by atoms with van der Waals surface area (Å²) in [6.07, 6.45) is 3.45. The standard InChI is InChI=1S/C13H23NOS/c1-3-12(11-13-7-5-10-16-13)14-8-6-9-15-4-2/h5,7,10,12,14H,3-4,6,8-9,11H2,1-2H3. The van der Waals surface area contributed by atoms with E-state index in [0.29, 0.717) is 6.04 Å². The van der Waals surface area contributed by atoms with Crippen LogP contribution < -0.4 is 5.32 Å². The molecular formula is C13H23NOS. The minimum absolute atomic E-state index is 0.611. The SMILES string of the molecule is CCOCCCNC(CC)Cc1cccs1. The molecule has 3 heteroatoms. The van der Waals surface area contributed by atoms with Crippen LogP contribution in [0.5, 0.6) is 0 Å². The molecule has 92 valence electrons. The van der Waals surface area contributed by atoms with Gasteiger partial charge in [0.1, 0.15) is 0 Å². The summed E-state index contributed by atoms with van der Waals surface area (Å²) in [7, 11) is 0. The van der Waals surface area contributed by atoms with Crippen LogP contribution in [0.25, 0.3) is 0 Å². The van der Waals surface area contributed by atoms with Crippen LogP contribution in [0.2, 0.25) is 0 Å². The molecule has 1 rings (SSSR count). The van der Waals surface area contributed by atoms with Gasteiger partial charge in [-0.15, -0.1) is 11.3 Å². The van der Waals surface area contributed by atoms with E-state index in [0.717, 1.165) is 32.6 Å². The smallest absolute Gasteiger partial charge is 0.0477 e. The second kappa shape index (κ2) is 8.74. The summed E-state index contributed by atoms with van der Waals surface area (Å²) in [4.78, 5) is 1.48. The normalized spacial score (nSPS) is 12.9. The first-order valence-electron chi connectivity index (χ1n) is 6.20. The predicted octanol–water partition coefficient (Wildman–Crippen LogP) is 3.09. The molecule has 1 aromatic heterocycles. The number of nitrogens with one attached hydrogen (secondary N) is 1. The van der Waals surface area contributed by atoms with Gasteiger partial charge in [-0.3, -0.25) is 0 Å². The molecule has 0 amide bonds. The predicted molar refractivity (Wildman–Crippen MR) is 71.2 cm³/mol. The van der Waals surface area contributed by atoms with Crippen LogP contribution in [0.1, 0.15) is 31.6 Å². The first kappa shape index (κ1) is 13.7. The quantitative estimate of drug-likeness (QED) is 0.671. The van der Waals surface area contributed by atoms with E-state index < -0.39 is 0 Å². The van der Waals surface area contributed by atoms with Gasteiger partial charge >= 0.3 is 0 Å². The van der Waals surface area contributed by atoms with Crippen molar-refractivity contribution in [3.05, 3.63) is 22.4 Å². The van der Waals surface area contributed by atoms with E-state index in [1.807, 2.05) is 18.3 Å². The largest absolute Gasteiger partial charge is 0.382 e. The van der Waals surface area contributed by atoms with Crippen molar-refractivity contribution in [3.8, 4) is 0 Å². The van der Waals surface area contributed by atoms with Gasteiger partial charge in [-0.05, 0) is 44.2 Å². The van der Waals surface area contributed by atoms with Crippen molar-refractivity contribution >= 4 is 11.3 Å². The molecule has 2 nitrogen and oxygen atoms in total. The van der Waals surface area contributed by atoms with Gasteiger partial charge in [0.15, 0.2) is 0 Å². The lowest BCUT2D eigenvalue weighted by Gasteiger charge is -2.15. The van der Waals surface area contributed by atoms with Crippen LogP contribution in [0.4, 0.5) is 0 Å². The van der Waals surface area contributed by atoms with Gasteiger partial charge in [0.05, 0.1) is 0 Å². The van der Waals surface area contributed by atoms with Crippen LogP contribution in [0.3, 0.4) is 0 Å². The molecule has 1 heterocycles. The molecule has 0 saturated carbocycles. The van der Waals surface area contributed by atoms with E-state index in [1.54, 1.807) is 0 Å². The highest BCUT2D eigenvalue weighted by molar-refractivity contribution is 7.09. The molecule has 0 aromatic carbocycles. The van der Waals surface area contributed by atoms with Crippen molar-refractivity contribution in [2.24, 2.45) is 0 Å². The highest BCUT2D eigenvalue weighted by atomic mass is 32.1.